The number of ether oxygens (including phenoxy) is 1. The van der Waals surface area contributed by atoms with Crippen LogP contribution in [0.2, 0.25) is 0 Å². The molecule has 0 bridgehead atoms. The van der Waals surface area contributed by atoms with E-state index >= 15 is 0 Å². The number of fused-ring (bicyclic) bond motifs is 1. The topological polar surface area (TPSA) is 51.0 Å². The number of hydrogen-bond acceptors (Lipinski definition) is 2. The summed E-state index contributed by atoms with van der Waals surface area (Å²) in [7, 11) is 0. The number of aromatic nitrogens is 1. The molecule has 0 aliphatic heterocycles. The Hall–Kier alpha value is -2.84. The minimum atomic E-state index is -5.08. The van der Waals surface area contributed by atoms with Gasteiger partial charge >= 0.3 is 12.4 Å². The predicted molar refractivity (Wildman–Crippen MR) is 93.3 cm³/mol. The third kappa shape index (κ3) is 3.74. The highest BCUT2D eigenvalue weighted by molar-refractivity contribution is 5.85. The van der Waals surface area contributed by atoms with Crippen molar-refractivity contribution in [2.45, 2.75) is 32.1 Å². The average Bonchev–Trinajstić information content (AvgIpc) is 2.97. The second-order valence-corrected chi connectivity index (χ2v) is 6.65. The maximum absolute atomic E-state index is 13.4. The molecule has 0 aliphatic carbocycles. The third-order valence-electron chi connectivity index (χ3n) is 4.25. The van der Waals surface area contributed by atoms with Crippen molar-refractivity contribution in [3.8, 4) is 11.5 Å². The van der Waals surface area contributed by atoms with E-state index in [1.807, 2.05) is 13.8 Å². The third-order valence-corrected chi connectivity index (χ3v) is 4.25. The molecule has 9 heteroatoms. The second-order valence-electron chi connectivity index (χ2n) is 6.65. The van der Waals surface area contributed by atoms with Crippen molar-refractivity contribution in [2.75, 3.05) is 5.73 Å². The van der Waals surface area contributed by atoms with E-state index in [0.29, 0.717) is 23.0 Å². The fourth-order valence-corrected chi connectivity index (χ4v) is 2.96. The Bertz CT molecular complexity index is 982. The molecule has 0 fully saturated rings. The fraction of sp³-hybridized carbons (Fsp3) is 0.263. The van der Waals surface area contributed by atoms with Gasteiger partial charge in [-0.15, -0.1) is 0 Å². The van der Waals surface area contributed by atoms with Gasteiger partial charge in [-0.2, -0.15) is 26.3 Å². The quantitative estimate of drug-likeness (QED) is 0.378. The minimum Gasteiger partial charge on any atom is -0.456 e. The van der Waals surface area contributed by atoms with Crippen LogP contribution in [0.25, 0.3) is 10.9 Å². The fourth-order valence-electron chi connectivity index (χ4n) is 2.96. The van der Waals surface area contributed by atoms with Gasteiger partial charge in [0.15, 0.2) is 5.75 Å². The van der Waals surface area contributed by atoms with Gasteiger partial charge in [0.05, 0.1) is 0 Å². The SMILES string of the molecule is CC(C)c1c[nH]c2ccc(Oc3c(C(F)(F)F)cc(N)cc3C(F)(F)F)cc12. The van der Waals surface area contributed by atoms with Gasteiger partial charge in [0, 0.05) is 22.8 Å². The molecular weight excluding hydrogens is 386 g/mol. The zero-order chi connectivity index (χ0) is 20.9. The Morgan fingerprint density at radius 3 is 2.00 bits per heavy atom. The minimum absolute atomic E-state index is 0.0944. The van der Waals surface area contributed by atoms with E-state index in [4.69, 9.17) is 10.5 Å². The summed E-state index contributed by atoms with van der Waals surface area (Å²) in [6.45, 7) is 3.83. The maximum Gasteiger partial charge on any atom is 0.420 e. The maximum atomic E-state index is 13.4. The number of anilines is 1. The first-order chi connectivity index (χ1) is 12.9. The molecule has 0 atom stereocenters. The summed E-state index contributed by atoms with van der Waals surface area (Å²) in [6.07, 6.45) is -8.41. The van der Waals surface area contributed by atoms with Crippen molar-refractivity contribution < 1.29 is 31.1 Å². The molecule has 0 saturated heterocycles. The van der Waals surface area contributed by atoms with Crippen molar-refractivity contribution in [3.05, 3.63) is 53.2 Å². The Morgan fingerprint density at radius 1 is 0.929 bits per heavy atom. The highest BCUT2D eigenvalue weighted by Gasteiger charge is 2.42. The van der Waals surface area contributed by atoms with E-state index in [2.05, 4.69) is 4.98 Å². The van der Waals surface area contributed by atoms with Crippen LogP contribution in [0.15, 0.2) is 36.5 Å². The molecule has 3 N–H and O–H groups in total. The van der Waals surface area contributed by atoms with Crippen LogP contribution < -0.4 is 10.5 Å². The molecule has 0 unspecified atom stereocenters. The summed E-state index contributed by atoms with van der Waals surface area (Å²) < 4.78 is 85.3. The second kappa shape index (κ2) is 6.65. The molecule has 0 aliphatic rings. The molecule has 1 aromatic heterocycles. The number of hydrogen-bond donors (Lipinski definition) is 2. The van der Waals surface area contributed by atoms with Crippen LogP contribution >= 0.6 is 0 Å². The molecule has 150 valence electrons. The lowest BCUT2D eigenvalue weighted by molar-refractivity contribution is -0.144. The van der Waals surface area contributed by atoms with Gasteiger partial charge in [0.25, 0.3) is 0 Å². The molecule has 0 amide bonds. The molecule has 0 spiro atoms. The van der Waals surface area contributed by atoms with Crippen molar-refractivity contribution in [3.63, 3.8) is 0 Å². The molecule has 1 heterocycles. The van der Waals surface area contributed by atoms with E-state index in [-0.39, 0.29) is 11.7 Å². The number of nitrogens with one attached hydrogen (secondary N) is 1. The van der Waals surface area contributed by atoms with Gasteiger partial charge in [0.2, 0.25) is 0 Å². The summed E-state index contributed by atoms with van der Waals surface area (Å²) in [4.78, 5) is 3.01. The first-order valence-corrected chi connectivity index (χ1v) is 8.24. The zero-order valence-electron chi connectivity index (χ0n) is 14.8. The standard InChI is InChI=1S/C19H16F6N2O/c1-9(2)13-8-27-16-4-3-11(7-12(13)16)28-17-14(18(20,21)22)5-10(26)6-15(17)19(23,24)25/h3-9,27H,26H2,1-2H3. The zero-order valence-corrected chi connectivity index (χ0v) is 14.8. The van der Waals surface area contributed by atoms with Crippen LogP contribution in [-0.4, -0.2) is 4.98 Å². The molecular formula is C19H16F6N2O. The molecule has 0 saturated carbocycles. The summed E-state index contributed by atoms with van der Waals surface area (Å²) in [5.74, 6) is -1.37. The number of rotatable bonds is 3. The Morgan fingerprint density at radius 2 is 1.50 bits per heavy atom. The lowest BCUT2D eigenvalue weighted by atomic mass is 10.0. The monoisotopic (exact) mass is 402 g/mol. The van der Waals surface area contributed by atoms with Crippen LogP contribution in [0.5, 0.6) is 11.5 Å². The first-order valence-electron chi connectivity index (χ1n) is 8.24. The Balaban J connectivity index is 2.18. The normalized spacial score (nSPS) is 12.8. The van der Waals surface area contributed by atoms with Gasteiger partial charge in [-0.3, -0.25) is 0 Å². The van der Waals surface area contributed by atoms with Crippen molar-refractivity contribution in [1.82, 2.24) is 4.98 Å². The van der Waals surface area contributed by atoms with E-state index in [1.165, 1.54) is 18.2 Å². The van der Waals surface area contributed by atoms with E-state index < -0.39 is 34.9 Å². The summed E-state index contributed by atoms with van der Waals surface area (Å²) >= 11 is 0. The Kier molecular flexibility index (Phi) is 4.73. The number of aromatic amines is 1. The van der Waals surface area contributed by atoms with Gasteiger partial charge in [-0.05, 0) is 41.8 Å². The van der Waals surface area contributed by atoms with E-state index in [0.717, 1.165) is 5.56 Å². The summed E-state index contributed by atoms with van der Waals surface area (Å²) in [5, 5.41) is 0.657. The Labute approximate surface area is 156 Å². The smallest absolute Gasteiger partial charge is 0.420 e. The summed E-state index contributed by atoms with van der Waals surface area (Å²) in [6, 6.07) is 5.11. The lowest BCUT2D eigenvalue weighted by Crippen LogP contribution is -2.15. The highest BCUT2D eigenvalue weighted by atomic mass is 19.4. The molecule has 3 aromatic rings. The predicted octanol–water partition coefficient (Wildman–Crippen LogP) is 6.70. The molecule has 28 heavy (non-hydrogen) atoms. The van der Waals surface area contributed by atoms with Crippen LogP contribution in [0.4, 0.5) is 32.0 Å². The molecule has 0 radical (unpaired) electrons. The number of H-pyrrole nitrogens is 1. The highest BCUT2D eigenvalue weighted by Crippen LogP contribution is 2.47. The van der Waals surface area contributed by atoms with Crippen LogP contribution in [-0.2, 0) is 12.4 Å². The number of nitrogen functional groups attached to an aromatic ring is 1. The van der Waals surface area contributed by atoms with Gasteiger partial charge < -0.3 is 15.5 Å². The first kappa shape index (κ1) is 19.9. The van der Waals surface area contributed by atoms with Crippen LogP contribution in [0, 0.1) is 0 Å². The van der Waals surface area contributed by atoms with Gasteiger partial charge in [-0.1, -0.05) is 13.8 Å². The van der Waals surface area contributed by atoms with E-state index in [9.17, 15) is 26.3 Å². The van der Waals surface area contributed by atoms with Crippen molar-refractivity contribution >= 4 is 16.6 Å². The van der Waals surface area contributed by atoms with Gasteiger partial charge in [-0.25, -0.2) is 0 Å². The summed E-state index contributed by atoms with van der Waals surface area (Å²) in [5.41, 5.74) is 3.00. The number of alkyl halides is 6. The molecule has 2 aromatic carbocycles. The molecule has 3 nitrogen and oxygen atoms in total. The average molecular weight is 402 g/mol. The van der Waals surface area contributed by atoms with Crippen molar-refractivity contribution in [1.29, 1.82) is 0 Å². The largest absolute Gasteiger partial charge is 0.456 e. The molecule has 3 rings (SSSR count). The lowest BCUT2D eigenvalue weighted by Gasteiger charge is -2.20. The van der Waals surface area contributed by atoms with Crippen LogP contribution in [0.3, 0.4) is 0 Å². The van der Waals surface area contributed by atoms with Gasteiger partial charge in [0.1, 0.15) is 16.9 Å². The number of benzene rings is 2. The van der Waals surface area contributed by atoms with Crippen LogP contribution in [0.1, 0.15) is 36.5 Å². The van der Waals surface area contributed by atoms with Crippen molar-refractivity contribution in [2.24, 2.45) is 0 Å². The number of nitrogens with two attached hydrogens (primary N) is 1. The number of halogens is 6. The van der Waals surface area contributed by atoms with E-state index in [1.54, 1.807) is 6.20 Å².